The zero-order chi connectivity index (χ0) is 15.6. The van der Waals surface area contributed by atoms with Gasteiger partial charge in [-0.2, -0.15) is 0 Å². The van der Waals surface area contributed by atoms with Gasteiger partial charge in [-0.15, -0.1) is 0 Å². The lowest BCUT2D eigenvalue weighted by molar-refractivity contribution is 0.321. The third-order valence-electron chi connectivity index (χ3n) is 3.97. The normalized spacial score (nSPS) is 16.8. The molecule has 1 aliphatic heterocycles. The van der Waals surface area contributed by atoms with Crippen molar-refractivity contribution in [2.24, 2.45) is 5.16 Å². The van der Waals surface area contributed by atoms with Gasteiger partial charge in [0.05, 0.1) is 18.9 Å². The number of methoxy groups -OCH3 is 1. The first-order valence-electron chi connectivity index (χ1n) is 7.31. The molecule has 0 fully saturated rings. The van der Waals surface area contributed by atoms with Crippen LogP contribution in [0.15, 0.2) is 23.4 Å². The topological polar surface area (TPSA) is 45.1 Å². The average molecular weight is 288 g/mol. The van der Waals surface area contributed by atoms with Gasteiger partial charge in [-0.3, -0.25) is 0 Å². The van der Waals surface area contributed by atoms with Gasteiger partial charge in [-0.1, -0.05) is 18.2 Å². The van der Waals surface area contributed by atoms with Crippen molar-refractivity contribution >= 4 is 17.5 Å². The van der Waals surface area contributed by atoms with Crippen molar-refractivity contribution in [2.45, 2.75) is 39.7 Å². The van der Waals surface area contributed by atoms with E-state index in [4.69, 9.17) is 9.94 Å². The number of oxime groups is 1. The SMILES string of the molecule is CCCN1c2cc(OC)c(C=NO)cc2C(C)=CC1(C)C. The van der Waals surface area contributed by atoms with Crippen LogP contribution in [0.25, 0.3) is 5.57 Å². The molecular formula is C17H24N2O2. The monoisotopic (exact) mass is 288 g/mol. The fraction of sp³-hybridized carbons (Fsp3) is 0.471. The van der Waals surface area contributed by atoms with Crippen LogP contribution in [0.4, 0.5) is 5.69 Å². The van der Waals surface area contributed by atoms with Crippen molar-refractivity contribution in [1.29, 1.82) is 0 Å². The van der Waals surface area contributed by atoms with E-state index in [1.165, 1.54) is 23.0 Å². The molecule has 114 valence electrons. The van der Waals surface area contributed by atoms with Crippen molar-refractivity contribution in [3.8, 4) is 5.75 Å². The summed E-state index contributed by atoms with van der Waals surface area (Å²) in [6, 6.07) is 4.07. The second-order valence-electron chi connectivity index (χ2n) is 5.99. The van der Waals surface area contributed by atoms with Gasteiger partial charge in [0, 0.05) is 29.4 Å². The van der Waals surface area contributed by atoms with Gasteiger partial charge in [0.15, 0.2) is 0 Å². The van der Waals surface area contributed by atoms with E-state index in [1.807, 2.05) is 12.1 Å². The summed E-state index contributed by atoms with van der Waals surface area (Å²) in [5, 5.41) is 12.0. The first-order valence-corrected chi connectivity index (χ1v) is 7.31. The number of hydrogen-bond donors (Lipinski definition) is 1. The Balaban J connectivity index is 2.66. The van der Waals surface area contributed by atoms with E-state index in [1.54, 1.807) is 7.11 Å². The van der Waals surface area contributed by atoms with Crippen LogP contribution in [0.1, 0.15) is 45.2 Å². The molecule has 0 aromatic heterocycles. The molecule has 0 saturated heterocycles. The smallest absolute Gasteiger partial charge is 0.129 e. The van der Waals surface area contributed by atoms with Crippen molar-refractivity contribution in [3.63, 3.8) is 0 Å². The lowest BCUT2D eigenvalue weighted by Gasteiger charge is -2.43. The number of nitrogens with zero attached hydrogens (tertiary/aromatic N) is 2. The van der Waals surface area contributed by atoms with Gasteiger partial charge in [0.2, 0.25) is 0 Å². The number of allylic oxidation sites excluding steroid dienone is 1. The van der Waals surface area contributed by atoms with Crippen LogP contribution in [0.2, 0.25) is 0 Å². The Labute approximate surface area is 126 Å². The predicted molar refractivity (Wildman–Crippen MR) is 87.7 cm³/mol. The highest BCUT2D eigenvalue weighted by Gasteiger charge is 2.31. The molecule has 1 N–H and O–H groups in total. The molecule has 0 unspecified atom stereocenters. The van der Waals surface area contributed by atoms with Gasteiger partial charge in [0.1, 0.15) is 5.75 Å². The summed E-state index contributed by atoms with van der Waals surface area (Å²) in [6.45, 7) is 9.75. The first kappa shape index (κ1) is 15.4. The quantitative estimate of drug-likeness (QED) is 0.519. The lowest BCUT2D eigenvalue weighted by atomic mass is 9.87. The molecule has 0 atom stereocenters. The van der Waals surface area contributed by atoms with Crippen LogP contribution in [-0.2, 0) is 0 Å². The third-order valence-corrected chi connectivity index (χ3v) is 3.97. The molecule has 1 aromatic rings. The van der Waals surface area contributed by atoms with Crippen LogP contribution in [-0.4, -0.2) is 30.6 Å². The third kappa shape index (κ3) is 2.75. The Morgan fingerprint density at radius 2 is 2.10 bits per heavy atom. The summed E-state index contributed by atoms with van der Waals surface area (Å²) >= 11 is 0. The van der Waals surface area contributed by atoms with Gasteiger partial charge in [0.25, 0.3) is 0 Å². The molecule has 0 amide bonds. The fourth-order valence-electron chi connectivity index (χ4n) is 3.09. The molecule has 2 rings (SSSR count). The van der Waals surface area contributed by atoms with Crippen molar-refractivity contribution < 1.29 is 9.94 Å². The second kappa shape index (κ2) is 5.80. The highest BCUT2D eigenvalue weighted by atomic mass is 16.5. The van der Waals surface area contributed by atoms with Crippen LogP contribution in [0.5, 0.6) is 5.75 Å². The Bertz CT molecular complexity index is 589. The van der Waals surface area contributed by atoms with Crippen LogP contribution in [0.3, 0.4) is 0 Å². The van der Waals surface area contributed by atoms with E-state index in [9.17, 15) is 0 Å². The Morgan fingerprint density at radius 1 is 1.38 bits per heavy atom. The number of benzene rings is 1. The lowest BCUT2D eigenvalue weighted by Crippen LogP contribution is -2.45. The van der Waals surface area contributed by atoms with E-state index in [0.717, 1.165) is 24.3 Å². The van der Waals surface area contributed by atoms with E-state index in [-0.39, 0.29) is 5.54 Å². The molecule has 4 nitrogen and oxygen atoms in total. The van der Waals surface area contributed by atoms with Gasteiger partial charge < -0.3 is 14.8 Å². The molecule has 0 saturated carbocycles. The number of ether oxygens (including phenoxy) is 1. The summed E-state index contributed by atoms with van der Waals surface area (Å²) in [7, 11) is 1.64. The minimum atomic E-state index is -0.0231. The number of anilines is 1. The van der Waals surface area contributed by atoms with Gasteiger partial charge in [-0.05, 0) is 38.8 Å². The molecule has 21 heavy (non-hydrogen) atoms. The average Bonchev–Trinajstić information content (AvgIpc) is 2.43. The number of fused-ring (bicyclic) bond motifs is 1. The van der Waals surface area contributed by atoms with Crippen LogP contribution >= 0.6 is 0 Å². The zero-order valence-corrected chi connectivity index (χ0v) is 13.5. The van der Waals surface area contributed by atoms with E-state index in [0.29, 0.717) is 0 Å². The zero-order valence-electron chi connectivity index (χ0n) is 13.5. The maximum absolute atomic E-state index is 8.82. The highest BCUT2D eigenvalue weighted by molar-refractivity contribution is 5.90. The number of rotatable bonds is 4. The van der Waals surface area contributed by atoms with Crippen LogP contribution < -0.4 is 9.64 Å². The molecule has 0 radical (unpaired) electrons. The summed E-state index contributed by atoms with van der Waals surface area (Å²) in [4.78, 5) is 2.40. The minimum absolute atomic E-state index is 0.0231. The molecule has 0 bridgehead atoms. The van der Waals surface area contributed by atoms with Gasteiger partial charge in [-0.25, -0.2) is 0 Å². The van der Waals surface area contributed by atoms with E-state index >= 15 is 0 Å². The summed E-state index contributed by atoms with van der Waals surface area (Å²) < 4.78 is 5.45. The molecule has 0 spiro atoms. The Morgan fingerprint density at radius 3 is 2.67 bits per heavy atom. The van der Waals surface area contributed by atoms with E-state index in [2.05, 4.69) is 43.8 Å². The van der Waals surface area contributed by atoms with Gasteiger partial charge >= 0.3 is 0 Å². The number of hydrogen-bond acceptors (Lipinski definition) is 4. The fourth-order valence-corrected chi connectivity index (χ4v) is 3.09. The maximum Gasteiger partial charge on any atom is 0.129 e. The summed E-state index contributed by atoms with van der Waals surface area (Å²) in [5.74, 6) is 0.721. The largest absolute Gasteiger partial charge is 0.496 e. The van der Waals surface area contributed by atoms with Crippen molar-refractivity contribution in [1.82, 2.24) is 0 Å². The maximum atomic E-state index is 8.82. The van der Waals surface area contributed by atoms with Crippen molar-refractivity contribution in [3.05, 3.63) is 29.3 Å². The van der Waals surface area contributed by atoms with E-state index < -0.39 is 0 Å². The molecule has 4 heteroatoms. The van der Waals surface area contributed by atoms with Crippen LogP contribution in [0, 0.1) is 0 Å². The summed E-state index contributed by atoms with van der Waals surface area (Å²) in [5.41, 5.74) is 4.33. The minimum Gasteiger partial charge on any atom is -0.496 e. The Hall–Kier alpha value is -1.97. The standard InChI is InChI=1S/C17H24N2O2/c1-6-7-19-15-9-16(21-5)13(11-18-20)8-14(15)12(2)10-17(19,3)4/h8-11,20H,6-7H2,1-5H3. The predicted octanol–water partition coefficient (Wildman–Crippen LogP) is 3.92. The highest BCUT2D eigenvalue weighted by Crippen LogP contribution is 2.41. The molecule has 1 aromatic carbocycles. The molecule has 0 aliphatic carbocycles. The molecule has 1 heterocycles. The molecular weight excluding hydrogens is 264 g/mol. The molecule has 1 aliphatic rings. The second-order valence-corrected chi connectivity index (χ2v) is 5.99. The Kier molecular flexibility index (Phi) is 4.26. The first-order chi connectivity index (χ1) is 9.94. The van der Waals surface area contributed by atoms with Crippen molar-refractivity contribution in [2.75, 3.05) is 18.6 Å². The summed E-state index contributed by atoms with van der Waals surface area (Å²) in [6.07, 6.45) is 4.78.